The van der Waals surface area contributed by atoms with Crippen LogP contribution in [-0.4, -0.2) is 17.6 Å². The van der Waals surface area contributed by atoms with Crippen LogP contribution in [0.15, 0.2) is 77.6 Å². The Morgan fingerprint density at radius 1 is 0.900 bits per heavy atom. The van der Waals surface area contributed by atoms with E-state index in [1.807, 2.05) is 42.5 Å². The van der Waals surface area contributed by atoms with Gasteiger partial charge in [0.25, 0.3) is 5.56 Å². The van der Waals surface area contributed by atoms with Crippen molar-refractivity contribution in [2.24, 2.45) is 0 Å². The molecule has 4 rings (SSSR count). The quantitative estimate of drug-likeness (QED) is 0.378. The highest BCUT2D eigenvalue weighted by Crippen LogP contribution is 2.33. The summed E-state index contributed by atoms with van der Waals surface area (Å²) >= 11 is 12.3. The summed E-state index contributed by atoms with van der Waals surface area (Å²) in [5.74, 6) is -0.602. The summed E-state index contributed by atoms with van der Waals surface area (Å²) in [5, 5.41) is 2.08. The maximum absolute atomic E-state index is 13.4. The van der Waals surface area contributed by atoms with Crippen molar-refractivity contribution in [2.45, 2.75) is 6.54 Å². The zero-order chi connectivity index (χ0) is 21.3. The number of esters is 1. The van der Waals surface area contributed by atoms with Crippen LogP contribution in [-0.2, 0) is 11.3 Å². The van der Waals surface area contributed by atoms with Gasteiger partial charge in [-0.1, -0.05) is 65.7 Å². The van der Waals surface area contributed by atoms with Crippen molar-refractivity contribution in [1.82, 2.24) is 4.57 Å². The molecule has 4 nitrogen and oxygen atoms in total. The standard InChI is InChI=1S/C24H17Cl2NO3/c1-30-24(29)22-21(16-7-9-17(25)10-8-16)20-13-18(26)11-12-19(20)23(28)27(22)14-15-5-3-2-4-6-15/h2-13H,14H2,1H3. The van der Waals surface area contributed by atoms with Crippen molar-refractivity contribution < 1.29 is 9.53 Å². The van der Waals surface area contributed by atoms with Gasteiger partial charge in [0, 0.05) is 21.0 Å². The van der Waals surface area contributed by atoms with Gasteiger partial charge in [0.05, 0.1) is 13.7 Å². The molecule has 0 N–H and O–H groups in total. The molecule has 0 fully saturated rings. The Hall–Kier alpha value is -3.08. The molecule has 0 saturated heterocycles. The van der Waals surface area contributed by atoms with Crippen molar-refractivity contribution in [3.05, 3.63) is 104 Å². The monoisotopic (exact) mass is 437 g/mol. The number of ether oxygens (including phenoxy) is 1. The summed E-state index contributed by atoms with van der Waals surface area (Å²) in [6.45, 7) is 0.225. The van der Waals surface area contributed by atoms with Gasteiger partial charge >= 0.3 is 5.97 Å². The zero-order valence-electron chi connectivity index (χ0n) is 16.1. The van der Waals surface area contributed by atoms with Crippen LogP contribution in [0, 0.1) is 0 Å². The smallest absolute Gasteiger partial charge is 0.355 e. The second-order valence-electron chi connectivity index (χ2n) is 6.79. The van der Waals surface area contributed by atoms with E-state index in [0.717, 1.165) is 11.1 Å². The number of rotatable bonds is 4. The van der Waals surface area contributed by atoms with Gasteiger partial charge in [0.15, 0.2) is 0 Å². The van der Waals surface area contributed by atoms with E-state index in [4.69, 9.17) is 27.9 Å². The van der Waals surface area contributed by atoms with Crippen LogP contribution in [0.2, 0.25) is 10.0 Å². The van der Waals surface area contributed by atoms with Gasteiger partial charge in [-0.2, -0.15) is 0 Å². The number of nitrogens with zero attached hydrogens (tertiary/aromatic N) is 1. The van der Waals surface area contributed by atoms with Crippen LogP contribution >= 0.6 is 23.2 Å². The zero-order valence-corrected chi connectivity index (χ0v) is 17.6. The topological polar surface area (TPSA) is 48.3 Å². The maximum atomic E-state index is 13.4. The second-order valence-corrected chi connectivity index (χ2v) is 7.66. The Labute approximate surface area is 183 Å². The summed E-state index contributed by atoms with van der Waals surface area (Å²) in [6.07, 6.45) is 0. The van der Waals surface area contributed by atoms with Gasteiger partial charge in [-0.05, 0) is 46.8 Å². The number of pyridine rings is 1. The number of aromatic nitrogens is 1. The lowest BCUT2D eigenvalue weighted by Crippen LogP contribution is -2.28. The first-order valence-electron chi connectivity index (χ1n) is 9.24. The van der Waals surface area contributed by atoms with E-state index in [2.05, 4.69) is 0 Å². The lowest BCUT2D eigenvalue weighted by atomic mass is 9.96. The molecule has 0 unspecified atom stereocenters. The summed E-state index contributed by atoms with van der Waals surface area (Å²) in [7, 11) is 1.30. The minimum Gasteiger partial charge on any atom is -0.464 e. The van der Waals surface area contributed by atoms with Crippen molar-refractivity contribution in [1.29, 1.82) is 0 Å². The molecule has 0 aliphatic rings. The third-order valence-corrected chi connectivity index (χ3v) is 5.42. The Balaban J connectivity index is 2.13. The molecule has 0 aliphatic heterocycles. The average molecular weight is 438 g/mol. The molecule has 0 spiro atoms. The Morgan fingerprint density at radius 2 is 1.57 bits per heavy atom. The molecule has 0 atom stereocenters. The average Bonchev–Trinajstić information content (AvgIpc) is 2.76. The van der Waals surface area contributed by atoms with E-state index in [9.17, 15) is 9.59 Å². The first kappa shape index (κ1) is 20.2. The first-order valence-corrected chi connectivity index (χ1v) is 9.99. The number of hydrogen-bond acceptors (Lipinski definition) is 3. The van der Waals surface area contributed by atoms with Crippen LogP contribution in [0.4, 0.5) is 0 Å². The van der Waals surface area contributed by atoms with Gasteiger partial charge in [0.2, 0.25) is 0 Å². The van der Waals surface area contributed by atoms with Crippen LogP contribution in [0.3, 0.4) is 0 Å². The maximum Gasteiger partial charge on any atom is 0.355 e. The highest BCUT2D eigenvalue weighted by molar-refractivity contribution is 6.32. The molecule has 1 heterocycles. The van der Waals surface area contributed by atoms with E-state index < -0.39 is 5.97 Å². The summed E-state index contributed by atoms with van der Waals surface area (Å²) in [6, 6.07) is 21.6. The molecular weight excluding hydrogens is 421 g/mol. The van der Waals surface area contributed by atoms with Gasteiger partial charge in [-0.15, -0.1) is 0 Å². The molecule has 30 heavy (non-hydrogen) atoms. The van der Waals surface area contributed by atoms with Gasteiger partial charge in [0.1, 0.15) is 5.69 Å². The van der Waals surface area contributed by atoms with Gasteiger partial charge in [-0.25, -0.2) is 4.79 Å². The van der Waals surface area contributed by atoms with E-state index in [1.54, 1.807) is 30.3 Å². The number of halogens is 2. The van der Waals surface area contributed by atoms with Gasteiger partial charge < -0.3 is 4.74 Å². The molecule has 4 aromatic rings. The van der Waals surface area contributed by atoms with Crippen LogP contribution in [0.1, 0.15) is 16.1 Å². The Kier molecular flexibility index (Phi) is 5.62. The predicted molar refractivity (Wildman–Crippen MR) is 121 cm³/mol. The van der Waals surface area contributed by atoms with Crippen LogP contribution < -0.4 is 5.56 Å². The number of benzene rings is 3. The molecule has 0 aliphatic carbocycles. The number of hydrogen-bond donors (Lipinski definition) is 0. The first-order chi connectivity index (χ1) is 14.5. The van der Waals surface area contributed by atoms with Crippen molar-refractivity contribution in [3.8, 4) is 11.1 Å². The fourth-order valence-corrected chi connectivity index (χ4v) is 3.85. The molecule has 3 aromatic carbocycles. The molecule has 0 amide bonds. The van der Waals surface area contributed by atoms with Gasteiger partial charge in [-0.3, -0.25) is 9.36 Å². The highest BCUT2D eigenvalue weighted by Gasteiger charge is 2.24. The molecule has 1 aromatic heterocycles. The fraction of sp³-hybridized carbons (Fsp3) is 0.0833. The molecule has 0 saturated carbocycles. The van der Waals surface area contributed by atoms with Crippen LogP contribution in [0.25, 0.3) is 21.9 Å². The minimum atomic E-state index is -0.602. The highest BCUT2D eigenvalue weighted by atomic mass is 35.5. The normalized spacial score (nSPS) is 10.9. The number of methoxy groups -OCH3 is 1. The lowest BCUT2D eigenvalue weighted by Gasteiger charge is -2.19. The SMILES string of the molecule is COC(=O)c1c(-c2ccc(Cl)cc2)c2cc(Cl)ccc2c(=O)n1Cc1ccccc1. The van der Waals surface area contributed by atoms with Crippen molar-refractivity contribution in [3.63, 3.8) is 0 Å². The second kappa shape index (κ2) is 8.34. The van der Waals surface area contributed by atoms with E-state index in [-0.39, 0.29) is 17.8 Å². The molecule has 0 bridgehead atoms. The third kappa shape index (κ3) is 3.72. The van der Waals surface area contributed by atoms with Crippen LogP contribution in [0.5, 0.6) is 0 Å². The van der Waals surface area contributed by atoms with E-state index in [1.165, 1.54) is 11.7 Å². The lowest BCUT2D eigenvalue weighted by molar-refractivity contribution is 0.0588. The summed E-state index contributed by atoms with van der Waals surface area (Å²) in [4.78, 5) is 26.3. The molecule has 6 heteroatoms. The molecule has 150 valence electrons. The third-order valence-electron chi connectivity index (χ3n) is 4.93. The van der Waals surface area contributed by atoms with E-state index >= 15 is 0 Å². The largest absolute Gasteiger partial charge is 0.464 e. The summed E-state index contributed by atoms with van der Waals surface area (Å²) < 4.78 is 6.54. The molecular formula is C24H17Cl2NO3. The number of carbonyl (C=O) groups is 1. The Morgan fingerprint density at radius 3 is 2.23 bits per heavy atom. The number of fused-ring (bicyclic) bond motifs is 1. The van der Waals surface area contributed by atoms with Crippen molar-refractivity contribution in [2.75, 3.05) is 7.11 Å². The van der Waals surface area contributed by atoms with Crippen molar-refractivity contribution >= 4 is 39.9 Å². The molecule has 0 radical (unpaired) electrons. The summed E-state index contributed by atoms with van der Waals surface area (Å²) in [5.41, 5.74) is 2.08. The predicted octanol–water partition coefficient (Wildman–Crippen LogP) is 5.81. The number of carbonyl (C=O) groups excluding carboxylic acids is 1. The fourth-order valence-electron chi connectivity index (χ4n) is 3.55. The van der Waals surface area contributed by atoms with E-state index in [0.29, 0.717) is 26.4 Å². The minimum absolute atomic E-state index is 0.170. The Bertz CT molecular complexity index is 1300.